The van der Waals surface area contributed by atoms with Gasteiger partial charge in [0.15, 0.2) is 0 Å². The van der Waals surface area contributed by atoms with Crippen LogP contribution in [0.25, 0.3) is 11.3 Å². The van der Waals surface area contributed by atoms with Crippen molar-refractivity contribution in [3.63, 3.8) is 0 Å². The molecular formula is C18H23N3O2. The van der Waals surface area contributed by atoms with Gasteiger partial charge in [-0.05, 0) is 55.9 Å². The molecule has 2 N–H and O–H groups in total. The summed E-state index contributed by atoms with van der Waals surface area (Å²) in [6.07, 6.45) is 4.10. The Bertz CT molecular complexity index is 641. The molecule has 122 valence electrons. The molecule has 0 radical (unpaired) electrons. The van der Waals surface area contributed by atoms with Gasteiger partial charge in [0, 0.05) is 24.7 Å². The number of ether oxygens (including phenoxy) is 1. The van der Waals surface area contributed by atoms with E-state index in [1.165, 1.54) is 12.8 Å². The minimum atomic E-state index is -0.156. The summed E-state index contributed by atoms with van der Waals surface area (Å²) in [5, 5.41) is 17.1. The summed E-state index contributed by atoms with van der Waals surface area (Å²) >= 11 is 0. The molecule has 0 amide bonds. The molecule has 0 unspecified atom stereocenters. The van der Waals surface area contributed by atoms with E-state index >= 15 is 0 Å². The highest BCUT2D eigenvalue weighted by Crippen LogP contribution is 2.30. The molecule has 23 heavy (non-hydrogen) atoms. The Balaban J connectivity index is 1.41. The Morgan fingerprint density at radius 2 is 1.87 bits per heavy atom. The second-order valence-electron chi connectivity index (χ2n) is 6.64. The van der Waals surface area contributed by atoms with Crippen molar-refractivity contribution in [2.75, 3.05) is 24.6 Å². The lowest BCUT2D eigenvalue weighted by Crippen LogP contribution is -2.35. The zero-order valence-corrected chi connectivity index (χ0v) is 13.2. The first kappa shape index (κ1) is 14.6. The highest BCUT2D eigenvalue weighted by molar-refractivity contribution is 5.64. The molecular weight excluding hydrogens is 290 g/mol. The largest absolute Gasteiger partial charge is 0.493 e. The third-order valence-electron chi connectivity index (χ3n) is 4.70. The molecule has 2 heterocycles. The van der Waals surface area contributed by atoms with Crippen LogP contribution in [0.2, 0.25) is 0 Å². The topological polar surface area (TPSA) is 61.4 Å². The summed E-state index contributed by atoms with van der Waals surface area (Å²) in [5.41, 5.74) is 2.03. The monoisotopic (exact) mass is 313 g/mol. The van der Waals surface area contributed by atoms with Crippen molar-refractivity contribution >= 4 is 5.82 Å². The number of piperidine rings is 1. The van der Waals surface area contributed by atoms with E-state index in [-0.39, 0.29) is 6.10 Å². The smallest absolute Gasteiger partial charge is 0.124 e. The fraction of sp³-hybridized carbons (Fsp3) is 0.500. The van der Waals surface area contributed by atoms with E-state index in [0.29, 0.717) is 0 Å². The number of nitrogens with one attached hydrogen (secondary N) is 1. The molecule has 2 aliphatic rings. The van der Waals surface area contributed by atoms with Crippen molar-refractivity contribution in [1.82, 2.24) is 10.2 Å². The number of nitrogens with zero attached hydrogens (tertiary/aromatic N) is 2. The van der Waals surface area contributed by atoms with Crippen molar-refractivity contribution in [3.8, 4) is 17.0 Å². The number of anilines is 1. The number of aromatic nitrogens is 2. The number of aliphatic hydroxyl groups excluding tert-OH is 1. The standard InChI is InChI=1S/C18H23N3O2/c22-15-7-9-21(10-8-15)18-11-17(19-20-18)14-3-5-16(6-4-14)23-12-13-1-2-13/h3-6,11,13,15,22H,1-2,7-10,12H2,(H,19,20). The molecule has 2 aromatic rings. The second kappa shape index (κ2) is 6.24. The lowest BCUT2D eigenvalue weighted by atomic mass is 10.1. The van der Waals surface area contributed by atoms with Crippen molar-refractivity contribution in [2.45, 2.75) is 31.8 Å². The van der Waals surface area contributed by atoms with Gasteiger partial charge in [-0.15, -0.1) is 0 Å². The number of rotatable bonds is 5. The molecule has 2 fully saturated rings. The van der Waals surface area contributed by atoms with Gasteiger partial charge in [-0.2, -0.15) is 5.10 Å². The maximum absolute atomic E-state index is 9.60. The van der Waals surface area contributed by atoms with E-state index in [4.69, 9.17) is 4.74 Å². The Morgan fingerprint density at radius 1 is 1.13 bits per heavy atom. The van der Waals surface area contributed by atoms with Crippen LogP contribution < -0.4 is 9.64 Å². The van der Waals surface area contributed by atoms with Crippen LogP contribution >= 0.6 is 0 Å². The summed E-state index contributed by atoms with van der Waals surface area (Å²) in [7, 11) is 0. The predicted octanol–water partition coefficient (Wildman–Crippen LogP) is 2.83. The lowest BCUT2D eigenvalue weighted by Gasteiger charge is -2.29. The number of hydrogen-bond donors (Lipinski definition) is 2. The van der Waals surface area contributed by atoms with Gasteiger partial charge in [-0.3, -0.25) is 5.10 Å². The van der Waals surface area contributed by atoms with Crippen LogP contribution in [0.3, 0.4) is 0 Å². The van der Waals surface area contributed by atoms with Crippen LogP contribution in [0.15, 0.2) is 30.3 Å². The summed E-state index contributed by atoms with van der Waals surface area (Å²) in [6.45, 7) is 2.58. The number of aliphatic hydroxyl groups is 1. The van der Waals surface area contributed by atoms with Gasteiger partial charge in [-0.25, -0.2) is 0 Å². The van der Waals surface area contributed by atoms with Gasteiger partial charge in [0.05, 0.1) is 18.4 Å². The molecule has 0 atom stereocenters. The second-order valence-corrected chi connectivity index (χ2v) is 6.64. The number of hydrogen-bond acceptors (Lipinski definition) is 4. The summed E-state index contributed by atoms with van der Waals surface area (Å²) in [6, 6.07) is 10.2. The molecule has 1 saturated heterocycles. The van der Waals surface area contributed by atoms with Crippen LogP contribution in [0, 0.1) is 5.92 Å². The van der Waals surface area contributed by atoms with Gasteiger partial charge >= 0.3 is 0 Å². The quantitative estimate of drug-likeness (QED) is 0.891. The van der Waals surface area contributed by atoms with Crippen molar-refractivity contribution in [2.24, 2.45) is 5.92 Å². The fourth-order valence-electron chi connectivity index (χ4n) is 2.95. The van der Waals surface area contributed by atoms with E-state index in [0.717, 1.165) is 61.3 Å². The molecule has 1 aromatic heterocycles. The highest BCUT2D eigenvalue weighted by Gasteiger charge is 2.22. The third kappa shape index (κ3) is 3.50. The molecule has 1 aliphatic heterocycles. The van der Waals surface area contributed by atoms with Crippen LogP contribution in [-0.2, 0) is 0 Å². The van der Waals surface area contributed by atoms with E-state index in [1.54, 1.807) is 0 Å². The van der Waals surface area contributed by atoms with Gasteiger partial charge in [-0.1, -0.05) is 0 Å². The van der Waals surface area contributed by atoms with Gasteiger partial charge in [0.2, 0.25) is 0 Å². The Kier molecular flexibility index (Phi) is 3.95. The average molecular weight is 313 g/mol. The first-order valence-corrected chi connectivity index (χ1v) is 8.49. The maximum atomic E-state index is 9.60. The van der Waals surface area contributed by atoms with Crippen LogP contribution in [0.1, 0.15) is 25.7 Å². The third-order valence-corrected chi connectivity index (χ3v) is 4.70. The van der Waals surface area contributed by atoms with Crippen LogP contribution in [-0.4, -0.2) is 41.1 Å². The predicted molar refractivity (Wildman–Crippen MR) is 89.7 cm³/mol. The maximum Gasteiger partial charge on any atom is 0.124 e. The van der Waals surface area contributed by atoms with Crippen LogP contribution in [0.5, 0.6) is 5.75 Å². The Morgan fingerprint density at radius 3 is 2.57 bits per heavy atom. The number of H-pyrrole nitrogens is 1. The first-order valence-electron chi connectivity index (χ1n) is 8.49. The van der Waals surface area contributed by atoms with Crippen molar-refractivity contribution < 1.29 is 9.84 Å². The molecule has 1 aliphatic carbocycles. The van der Waals surface area contributed by atoms with Crippen LogP contribution in [0.4, 0.5) is 5.82 Å². The summed E-state index contributed by atoms with van der Waals surface area (Å²) in [4.78, 5) is 2.25. The minimum Gasteiger partial charge on any atom is -0.493 e. The molecule has 5 heteroatoms. The first-order chi connectivity index (χ1) is 11.3. The lowest BCUT2D eigenvalue weighted by molar-refractivity contribution is 0.145. The number of benzene rings is 1. The van der Waals surface area contributed by atoms with E-state index in [2.05, 4.69) is 33.3 Å². The van der Waals surface area contributed by atoms with Crippen molar-refractivity contribution in [1.29, 1.82) is 0 Å². The zero-order valence-electron chi connectivity index (χ0n) is 13.2. The minimum absolute atomic E-state index is 0.156. The van der Waals surface area contributed by atoms with Gasteiger partial charge in [0.25, 0.3) is 0 Å². The van der Waals surface area contributed by atoms with E-state index < -0.39 is 0 Å². The van der Waals surface area contributed by atoms with E-state index in [9.17, 15) is 5.11 Å². The molecule has 0 bridgehead atoms. The summed E-state index contributed by atoms with van der Waals surface area (Å²) < 4.78 is 5.77. The Hall–Kier alpha value is -2.01. The van der Waals surface area contributed by atoms with Gasteiger partial charge in [0.1, 0.15) is 11.6 Å². The number of aromatic amines is 1. The molecule has 5 nitrogen and oxygen atoms in total. The van der Waals surface area contributed by atoms with Gasteiger partial charge < -0.3 is 14.7 Å². The van der Waals surface area contributed by atoms with Crippen molar-refractivity contribution in [3.05, 3.63) is 30.3 Å². The normalized spacial score (nSPS) is 19.1. The molecule has 4 rings (SSSR count). The van der Waals surface area contributed by atoms with E-state index in [1.807, 2.05) is 12.1 Å². The highest BCUT2D eigenvalue weighted by atomic mass is 16.5. The fourth-order valence-corrected chi connectivity index (χ4v) is 2.95. The zero-order chi connectivity index (χ0) is 15.6. The summed E-state index contributed by atoms with van der Waals surface area (Å²) in [5.74, 6) is 2.73. The SMILES string of the molecule is OC1CCN(c2cc(-c3ccc(OCC4CC4)cc3)n[nH]2)CC1. The molecule has 0 spiro atoms. The Labute approximate surface area is 136 Å². The molecule has 1 saturated carbocycles. The average Bonchev–Trinajstić information content (AvgIpc) is 3.29. The molecule has 1 aromatic carbocycles.